The van der Waals surface area contributed by atoms with E-state index in [1.54, 1.807) is 11.8 Å². The SMILES string of the molecule is CCOC(=O)C1CNCCN1CC(=O)N1CCOC1=O. The molecule has 20 heavy (non-hydrogen) atoms. The number of amides is 2. The first-order valence-corrected chi connectivity index (χ1v) is 6.72. The van der Waals surface area contributed by atoms with Crippen LogP contribution in [0, 0.1) is 0 Å². The Morgan fingerprint density at radius 1 is 1.45 bits per heavy atom. The second-order valence-corrected chi connectivity index (χ2v) is 4.60. The number of nitrogens with one attached hydrogen (secondary N) is 1. The molecule has 0 spiro atoms. The fraction of sp³-hybridized carbons (Fsp3) is 0.750. The van der Waals surface area contributed by atoms with E-state index in [0.29, 0.717) is 26.2 Å². The minimum absolute atomic E-state index is 0.0141. The molecule has 2 heterocycles. The highest BCUT2D eigenvalue weighted by Crippen LogP contribution is 2.09. The first-order valence-electron chi connectivity index (χ1n) is 6.72. The van der Waals surface area contributed by atoms with Crippen LogP contribution in [0.25, 0.3) is 0 Å². The Morgan fingerprint density at radius 2 is 2.25 bits per heavy atom. The molecule has 0 aliphatic carbocycles. The number of rotatable bonds is 4. The van der Waals surface area contributed by atoms with Gasteiger partial charge in [-0.05, 0) is 6.92 Å². The molecule has 2 aliphatic heterocycles. The highest BCUT2D eigenvalue weighted by Gasteiger charge is 2.35. The van der Waals surface area contributed by atoms with Gasteiger partial charge >= 0.3 is 12.1 Å². The number of esters is 1. The monoisotopic (exact) mass is 285 g/mol. The zero-order valence-corrected chi connectivity index (χ0v) is 11.5. The fourth-order valence-electron chi connectivity index (χ4n) is 2.29. The lowest BCUT2D eigenvalue weighted by Crippen LogP contribution is -2.57. The highest BCUT2D eigenvalue weighted by atomic mass is 16.6. The van der Waals surface area contributed by atoms with Crippen molar-refractivity contribution in [3.05, 3.63) is 0 Å². The lowest BCUT2D eigenvalue weighted by atomic mass is 10.2. The number of piperazine rings is 1. The molecule has 0 aromatic rings. The van der Waals surface area contributed by atoms with Crippen LogP contribution < -0.4 is 5.32 Å². The maximum absolute atomic E-state index is 12.1. The van der Waals surface area contributed by atoms with Crippen LogP contribution in [0.3, 0.4) is 0 Å². The number of carbonyl (C=O) groups is 3. The number of carbonyl (C=O) groups excluding carboxylic acids is 3. The molecule has 2 rings (SSSR count). The maximum Gasteiger partial charge on any atom is 0.416 e. The molecule has 2 saturated heterocycles. The summed E-state index contributed by atoms with van der Waals surface area (Å²) < 4.78 is 9.73. The molecule has 1 N–H and O–H groups in total. The van der Waals surface area contributed by atoms with Gasteiger partial charge < -0.3 is 14.8 Å². The predicted octanol–water partition coefficient (Wildman–Crippen LogP) is -1.20. The fourth-order valence-corrected chi connectivity index (χ4v) is 2.29. The molecule has 112 valence electrons. The van der Waals surface area contributed by atoms with Crippen molar-refractivity contribution in [3.8, 4) is 0 Å². The van der Waals surface area contributed by atoms with E-state index in [1.807, 2.05) is 0 Å². The van der Waals surface area contributed by atoms with Gasteiger partial charge in [0.15, 0.2) is 0 Å². The summed E-state index contributed by atoms with van der Waals surface area (Å²) >= 11 is 0. The minimum Gasteiger partial charge on any atom is -0.465 e. The van der Waals surface area contributed by atoms with Gasteiger partial charge in [-0.15, -0.1) is 0 Å². The Bertz CT molecular complexity index is 401. The molecule has 0 bridgehead atoms. The summed E-state index contributed by atoms with van der Waals surface area (Å²) in [6, 6.07) is -0.494. The first kappa shape index (κ1) is 14.7. The van der Waals surface area contributed by atoms with Crippen molar-refractivity contribution in [3.63, 3.8) is 0 Å². The van der Waals surface area contributed by atoms with Gasteiger partial charge in [0, 0.05) is 19.6 Å². The lowest BCUT2D eigenvalue weighted by molar-refractivity contribution is -0.151. The van der Waals surface area contributed by atoms with Gasteiger partial charge in [0.25, 0.3) is 0 Å². The Hall–Kier alpha value is -1.67. The summed E-state index contributed by atoms with van der Waals surface area (Å²) in [6.45, 7) is 4.24. The Labute approximate surface area is 117 Å². The van der Waals surface area contributed by atoms with Crippen molar-refractivity contribution in [1.29, 1.82) is 0 Å². The van der Waals surface area contributed by atoms with E-state index in [0.717, 1.165) is 4.90 Å². The second-order valence-electron chi connectivity index (χ2n) is 4.60. The summed E-state index contributed by atoms with van der Waals surface area (Å²) in [7, 11) is 0. The zero-order chi connectivity index (χ0) is 14.5. The smallest absolute Gasteiger partial charge is 0.416 e. The molecule has 2 amide bonds. The molecule has 0 radical (unpaired) electrons. The predicted molar refractivity (Wildman–Crippen MR) is 67.9 cm³/mol. The third-order valence-corrected chi connectivity index (χ3v) is 3.31. The minimum atomic E-state index is -0.613. The average Bonchev–Trinajstić information content (AvgIpc) is 2.86. The van der Waals surface area contributed by atoms with Crippen molar-refractivity contribution in [2.75, 3.05) is 45.9 Å². The van der Waals surface area contributed by atoms with Crippen molar-refractivity contribution in [2.24, 2.45) is 0 Å². The largest absolute Gasteiger partial charge is 0.465 e. The van der Waals surface area contributed by atoms with E-state index in [2.05, 4.69) is 5.32 Å². The van der Waals surface area contributed by atoms with Gasteiger partial charge in [-0.25, -0.2) is 9.69 Å². The van der Waals surface area contributed by atoms with E-state index < -0.39 is 12.1 Å². The van der Waals surface area contributed by atoms with Crippen molar-refractivity contribution in [1.82, 2.24) is 15.1 Å². The van der Waals surface area contributed by atoms with Crippen LogP contribution in [-0.2, 0) is 19.1 Å². The maximum atomic E-state index is 12.1. The van der Waals surface area contributed by atoms with Crippen molar-refractivity contribution in [2.45, 2.75) is 13.0 Å². The number of nitrogens with zero attached hydrogens (tertiary/aromatic N) is 2. The van der Waals surface area contributed by atoms with Crippen LogP contribution in [0.5, 0.6) is 0 Å². The van der Waals surface area contributed by atoms with Crippen molar-refractivity contribution < 1.29 is 23.9 Å². The molecule has 0 saturated carbocycles. The summed E-state index contributed by atoms with van der Waals surface area (Å²) in [5, 5.41) is 3.10. The van der Waals surface area contributed by atoms with Gasteiger partial charge in [0.05, 0.1) is 19.7 Å². The quantitative estimate of drug-likeness (QED) is 0.649. The summed E-state index contributed by atoms with van der Waals surface area (Å²) in [6.07, 6.45) is -0.613. The molecule has 8 nitrogen and oxygen atoms in total. The first-order chi connectivity index (χ1) is 9.63. The topological polar surface area (TPSA) is 88.2 Å². The lowest BCUT2D eigenvalue weighted by Gasteiger charge is -2.34. The Morgan fingerprint density at radius 3 is 2.90 bits per heavy atom. The van der Waals surface area contributed by atoms with Gasteiger partial charge in [-0.1, -0.05) is 0 Å². The van der Waals surface area contributed by atoms with Crippen LogP contribution in [-0.4, -0.2) is 79.7 Å². The third kappa shape index (κ3) is 3.26. The van der Waals surface area contributed by atoms with Gasteiger partial charge in [-0.3, -0.25) is 14.5 Å². The van der Waals surface area contributed by atoms with Gasteiger partial charge in [0.1, 0.15) is 12.6 Å². The van der Waals surface area contributed by atoms with E-state index in [-0.39, 0.29) is 31.6 Å². The van der Waals surface area contributed by atoms with Crippen LogP contribution >= 0.6 is 0 Å². The molecule has 1 atom stereocenters. The van der Waals surface area contributed by atoms with Crippen molar-refractivity contribution >= 4 is 18.0 Å². The van der Waals surface area contributed by atoms with E-state index in [1.165, 1.54) is 0 Å². The second kappa shape index (κ2) is 6.67. The van der Waals surface area contributed by atoms with E-state index >= 15 is 0 Å². The average molecular weight is 285 g/mol. The number of cyclic esters (lactones) is 1. The third-order valence-electron chi connectivity index (χ3n) is 3.31. The molecule has 1 unspecified atom stereocenters. The summed E-state index contributed by atoms with van der Waals surface area (Å²) in [5.41, 5.74) is 0. The van der Waals surface area contributed by atoms with Gasteiger partial charge in [0.2, 0.25) is 5.91 Å². The standard InChI is InChI=1S/C12H19N3O5/c1-2-19-11(17)9-7-13-3-4-14(9)8-10(16)15-5-6-20-12(15)18/h9,13H,2-8H2,1H3. The molecule has 8 heteroatoms. The normalized spacial score (nSPS) is 23.6. The number of hydrogen-bond donors (Lipinski definition) is 1. The van der Waals surface area contributed by atoms with Crippen LogP contribution in [0.1, 0.15) is 6.92 Å². The summed E-state index contributed by atoms with van der Waals surface area (Å²) in [5.74, 6) is -0.694. The number of imide groups is 1. The Kier molecular flexibility index (Phi) is 4.91. The van der Waals surface area contributed by atoms with Crippen LogP contribution in [0.15, 0.2) is 0 Å². The van der Waals surface area contributed by atoms with E-state index in [4.69, 9.17) is 9.47 Å². The molecular weight excluding hydrogens is 266 g/mol. The number of hydrogen-bond acceptors (Lipinski definition) is 7. The molecule has 2 fully saturated rings. The van der Waals surface area contributed by atoms with Gasteiger partial charge in [-0.2, -0.15) is 0 Å². The number of ether oxygens (including phenoxy) is 2. The Balaban J connectivity index is 1.96. The zero-order valence-electron chi connectivity index (χ0n) is 11.5. The molecule has 0 aromatic heterocycles. The molecular formula is C12H19N3O5. The van der Waals surface area contributed by atoms with E-state index in [9.17, 15) is 14.4 Å². The van der Waals surface area contributed by atoms with Crippen LogP contribution in [0.2, 0.25) is 0 Å². The summed E-state index contributed by atoms with van der Waals surface area (Å²) in [4.78, 5) is 38.1. The molecule has 2 aliphatic rings. The molecule has 0 aromatic carbocycles. The van der Waals surface area contributed by atoms with Crippen LogP contribution in [0.4, 0.5) is 4.79 Å². The highest BCUT2D eigenvalue weighted by molar-refractivity contribution is 5.94.